The van der Waals surface area contributed by atoms with Gasteiger partial charge in [-0.3, -0.25) is 4.79 Å². The molecule has 0 saturated carbocycles. The smallest absolute Gasteiger partial charge is 0.225 e. The third-order valence-electron chi connectivity index (χ3n) is 4.10. The first-order valence-electron chi connectivity index (χ1n) is 7.84. The Hall–Kier alpha value is -1.69. The quantitative estimate of drug-likeness (QED) is 0.826. The number of rotatable bonds is 5. The zero-order chi connectivity index (χ0) is 16.1. The van der Waals surface area contributed by atoms with E-state index in [1.807, 2.05) is 24.8 Å². The van der Waals surface area contributed by atoms with E-state index in [4.69, 9.17) is 4.74 Å². The van der Waals surface area contributed by atoms with Gasteiger partial charge < -0.3 is 14.5 Å². The molecule has 0 aromatic carbocycles. The Balaban J connectivity index is 1.98. The standard InChI is InChI=1S/C16H26N4O2/c1-12-11-13(2)18-16(17-12)19-7-5-15(6-8-19)20(14(3)21)9-10-22-4/h11,15H,5-10H2,1-4H3. The summed E-state index contributed by atoms with van der Waals surface area (Å²) in [5.41, 5.74) is 1.99. The Morgan fingerprint density at radius 3 is 2.41 bits per heavy atom. The van der Waals surface area contributed by atoms with Crippen LogP contribution < -0.4 is 4.90 Å². The number of carbonyl (C=O) groups excluding carboxylic acids is 1. The molecule has 1 aliphatic heterocycles. The van der Waals surface area contributed by atoms with Gasteiger partial charge in [-0.1, -0.05) is 0 Å². The number of hydrogen-bond acceptors (Lipinski definition) is 5. The van der Waals surface area contributed by atoms with Crippen LogP contribution in [0.3, 0.4) is 0 Å². The molecule has 1 saturated heterocycles. The molecule has 1 amide bonds. The molecule has 6 heteroatoms. The SMILES string of the molecule is COCCN(C(C)=O)C1CCN(c2nc(C)cc(C)n2)CC1. The lowest BCUT2D eigenvalue weighted by atomic mass is 10.0. The summed E-state index contributed by atoms with van der Waals surface area (Å²) in [6.45, 7) is 8.63. The highest BCUT2D eigenvalue weighted by atomic mass is 16.5. The van der Waals surface area contributed by atoms with E-state index >= 15 is 0 Å². The number of aryl methyl sites for hydroxylation is 2. The second kappa shape index (κ2) is 7.54. The molecule has 0 bridgehead atoms. The van der Waals surface area contributed by atoms with Crippen molar-refractivity contribution in [3.8, 4) is 0 Å². The van der Waals surface area contributed by atoms with Crippen molar-refractivity contribution in [1.29, 1.82) is 0 Å². The molecule has 0 spiro atoms. The number of ether oxygens (including phenoxy) is 1. The molecule has 1 aromatic heterocycles. The predicted molar refractivity (Wildman–Crippen MR) is 86.0 cm³/mol. The molecule has 22 heavy (non-hydrogen) atoms. The van der Waals surface area contributed by atoms with Crippen LogP contribution in [0.4, 0.5) is 5.95 Å². The predicted octanol–water partition coefficient (Wildman–Crippen LogP) is 1.56. The molecule has 0 N–H and O–H groups in total. The maximum Gasteiger partial charge on any atom is 0.225 e. The Morgan fingerprint density at radius 2 is 1.91 bits per heavy atom. The molecule has 0 aliphatic carbocycles. The van der Waals surface area contributed by atoms with Gasteiger partial charge in [0.05, 0.1) is 6.61 Å². The average molecular weight is 306 g/mol. The molecule has 1 aromatic rings. The molecule has 0 atom stereocenters. The van der Waals surface area contributed by atoms with Gasteiger partial charge in [0.1, 0.15) is 0 Å². The van der Waals surface area contributed by atoms with E-state index < -0.39 is 0 Å². The van der Waals surface area contributed by atoms with Crippen LogP contribution in [-0.4, -0.2) is 60.2 Å². The lowest BCUT2D eigenvalue weighted by Crippen LogP contribution is -2.48. The number of methoxy groups -OCH3 is 1. The van der Waals surface area contributed by atoms with E-state index in [0.717, 1.165) is 43.3 Å². The number of piperidine rings is 1. The van der Waals surface area contributed by atoms with Crippen LogP contribution in [0.1, 0.15) is 31.2 Å². The lowest BCUT2D eigenvalue weighted by Gasteiger charge is -2.38. The van der Waals surface area contributed by atoms with Crippen molar-refractivity contribution in [2.45, 2.75) is 39.7 Å². The lowest BCUT2D eigenvalue weighted by molar-refractivity contribution is -0.132. The van der Waals surface area contributed by atoms with Crippen molar-refractivity contribution in [3.63, 3.8) is 0 Å². The fourth-order valence-corrected chi connectivity index (χ4v) is 3.01. The van der Waals surface area contributed by atoms with Crippen LogP contribution in [-0.2, 0) is 9.53 Å². The van der Waals surface area contributed by atoms with Crippen molar-refractivity contribution >= 4 is 11.9 Å². The van der Waals surface area contributed by atoms with E-state index in [2.05, 4.69) is 14.9 Å². The van der Waals surface area contributed by atoms with Crippen LogP contribution in [0.25, 0.3) is 0 Å². The summed E-state index contributed by atoms with van der Waals surface area (Å²) in [6.07, 6.45) is 1.89. The third kappa shape index (κ3) is 4.16. The van der Waals surface area contributed by atoms with Gasteiger partial charge in [-0.25, -0.2) is 9.97 Å². The van der Waals surface area contributed by atoms with E-state index in [0.29, 0.717) is 13.2 Å². The highest BCUT2D eigenvalue weighted by molar-refractivity contribution is 5.73. The van der Waals surface area contributed by atoms with Gasteiger partial charge in [-0.15, -0.1) is 0 Å². The summed E-state index contributed by atoms with van der Waals surface area (Å²) in [5, 5.41) is 0. The Kier molecular flexibility index (Phi) is 5.71. The number of hydrogen-bond donors (Lipinski definition) is 0. The molecule has 1 fully saturated rings. The first kappa shape index (κ1) is 16.7. The number of amides is 1. The highest BCUT2D eigenvalue weighted by Crippen LogP contribution is 2.20. The Bertz CT molecular complexity index is 493. The van der Waals surface area contributed by atoms with Gasteiger partial charge in [0, 0.05) is 51.1 Å². The van der Waals surface area contributed by atoms with Crippen LogP contribution in [0.15, 0.2) is 6.07 Å². The summed E-state index contributed by atoms with van der Waals surface area (Å²) in [6, 6.07) is 2.27. The first-order chi connectivity index (χ1) is 10.5. The number of carbonyl (C=O) groups is 1. The normalized spacial score (nSPS) is 15.9. The minimum Gasteiger partial charge on any atom is -0.383 e. The minimum absolute atomic E-state index is 0.123. The highest BCUT2D eigenvalue weighted by Gasteiger charge is 2.27. The Morgan fingerprint density at radius 1 is 1.32 bits per heavy atom. The summed E-state index contributed by atoms with van der Waals surface area (Å²) in [7, 11) is 1.67. The van der Waals surface area contributed by atoms with Gasteiger partial charge in [-0.2, -0.15) is 0 Å². The maximum absolute atomic E-state index is 11.8. The van der Waals surface area contributed by atoms with Crippen LogP contribution in [0.2, 0.25) is 0 Å². The molecule has 2 heterocycles. The number of nitrogens with zero attached hydrogens (tertiary/aromatic N) is 4. The van der Waals surface area contributed by atoms with Crippen molar-refractivity contribution in [3.05, 3.63) is 17.5 Å². The summed E-state index contributed by atoms with van der Waals surface area (Å²) in [5.74, 6) is 0.931. The monoisotopic (exact) mass is 306 g/mol. The fraction of sp³-hybridized carbons (Fsp3) is 0.688. The molecular weight excluding hydrogens is 280 g/mol. The average Bonchev–Trinajstić information content (AvgIpc) is 2.47. The van der Waals surface area contributed by atoms with Crippen molar-refractivity contribution in [1.82, 2.24) is 14.9 Å². The van der Waals surface area contributed by atoms with Crippen molar-refractivity contribution in [2.24, 2.45) is 0 Å². The van der Waals surface area contributed by atoms with E-state index in [1.165, 1.54) is 0 Å². The zero-order valence-electron chi connectivity index (χ0n) is 14.0. The van der Waals surface area contributed by atoms with Gasteiger partial charge >= 0.3 is 0 Å². The largest absolute Gasteiger partial charge is 0.383 e. The molecular formula is C16H26N4O2. The molecule has 6 nitrogen and oxygen atoms in total. The number of anilines is 1. The third-order valence-corrected chi connectivity index (χ3v) is 4.10. The molecule has 122 valence electrons. The van der Waals surface area contributed by atoms with Crippen LogP contribution in [0.5, 0.6) is 0 Å². The molecule has 0 unspecified atom stereocenters. The topological polar surface area (TPSA) is 58.6 Å². The summed E-state index contributed by atoms with van der Waals surface area (Å²) in [4.78, 5) is 25.0. The van der Waals surface area contributed by atoms with E-state index in [1.54, 1.807) is 14.0 Å². The minimum atomic E-state index is 0.123. The van der Waals surface area contributed by atoms with Gasteiger partial charge in [0.15, 0.2) is 0 Å². The van der Waals surface area contributed by atoms with Crippen LogP contribution in [0, 0.1) is 13.8 Å². The summed E-state index contributed by atoms with van der Waals surface area (Å²) < 4.78 is 5.11. The van der Waals surface area contributed by atoms with Crippen LogP contribution >= 0.6 is 0 Å². The molecule has 0 radical (unpaired) electrons. The number of aromatic nitrogens is 2. The maximum atomic E-state index is 11.8. The van der Waals surface area contributed by atoms with Crippen molar-refractivity contribution in [2.75, 3.05) is 38.3 Å². The van der Waals surface area contributed by atoms with E-state index in [-0.39, 0.29) is 11.9 Å². The van der Waals surface area contributed by atoms with E-state index in [9.17, 15) is 4.79 Å². The fourth-order valence-electron chi connectivity index (χ4n) is 3.01. The second-order valence-electron chi connectivity index (χ2n) is 5.87. The van der Waals surface area contributed by atoms with Gasteiger partial charge in [0.25, 0.3) is 0 Å². The second-order valence-corrected chi connectivity index (χ2v) is 5.87. The summed E-state index contributed by atoms with van der Waals surface area (Å²) >= 11 is 0. The van der Waals surface area contributed by atoms with Crippen molar-refractivity contribution < 1.29 is 9.53 Å². The zero-order valence-corrected chi connectivity index (χ0v) is 14.0. The van der Waals surface area contributed by atoms with Gasteiger partial charge in [-0.05, 0) is 32.8 Å². The molecule has 1 aliphatic rings. The first-order valence-corrected chi connectivity index (χ1v) is 7.84. The Labute approximate surface area is 132 Å². The molecule has 2 rings (SSSR count). The van der Waals surface area contributed by atoms with Gasteiger partial charge in [0.2, 0.25) is 11.9 Å².